The highest BCUT2D eigenvalue weighted by Gasteiger charge is 2.40. The fourth-order valence-corrected chi connectivity index (χ4v) is 5.36. The Labute approximate surface area is 170 Å². The maximum absolute atomic E-state index is 12.9. The Morgan fingerprint density at radius 2 is 1.77 bits per heavy atom. The van der Waals surface area contributed by atoms with Crippen LogP contribution < -0.4 is 5.32 Å². The van der Waals surface area contributed by atoms with Gasteiger partial charge in [-0.05, 0) is 44.9 Å². The van der Waals surface area contributed by atoms with Gasteiger partial charge in [0.1, 0.15) is 0 Å². The molecule has 3 aliphatic heterocycles. The van der Waals surface area contributed by atoms with E-state index >= 15 is 0 Å². The Morgan fingerprint density at radius 1 is 1.04 bits per heavy atom. The van der Waals surface area contributed by atoms with Crippen molar-refractivity contribution in [1.29, 1.82) is 0 Å². The molecule has 0 bridgehead atoms. The molecule has 4 aliphatic rings. The van der Waals surface area contributed by atoms with Gasteiger partial charge in [0.2, 0.25) is 5.91 Å². The lowest BCUT2D eigenvalue weighted by Crippen LogP contribution is -2.54. The third kappa shape index (κ3) is 4.85. The quantitative estimate of drug-likeness (QED) is 0.763. The van der Waals surface area contributed by atoms with Gasteiger partial charge >= 0.3 is 0 Å². The summed E-state index contributed by atoms with van der Waals surface area (Å²) in [6, 6.07) is 1.35. The zero-order chi connectivity index (χ0) is 16.5. The first kappa shape index (κ1) is 22.2. The van der Waals surface area contributed by atoms with Crippen LogP contribution in [0, 0.1) is 5.92 Å². The van der Waals surface area contributed by atoms with E-state index in [9.17, 15) is 4.79 Å². The minimum absolute atomic E-state index is 0. The van der Waals surface area contributed by atoms with Gasteiger partial charge in [0.05, 0.1) is 18.8 Å². The summed E-state index contributed by atoms with van der Waals surface area (Å²) in [7, 11) is 0. The number of hydrogen-bond acceptors (Lipinski definition) is 4. The number of piperidine rings is 1. The van der Waals surface area contributed by atoms with E-state index in [2.05, 4.69) is 22.0 Å². The minimum Gasteiger partial charge on any atom is -0.376 e. The van der Waals surface area contributed by atoms with Crippen molar-refractivity contribution in [2.75, 3.05) is 32.8 Å². The van der Waals surface area contributed by atoms with Gasteiger partial charge < -0.3 is 15.0 Å². The Hall–Kier alpha value is -0.0700. The zero-order valence-corrected chi connectivity index (χ0v) is 17.5. The summed E-state index contributed by atoms with van der Waals surface area (Å²) < 4.78 is 5.66. The molecule has 4 atom stereocenters. The number of hydrogen-bond donors (Lipinski definition) is 1. The van der Waals surface area contributed by atoms with Gasteiger partial charge in [-0.3, -0.25) is 9.69 Å². The molecule has 4 unspecified atom stereocenters. The van der Waals surface area contributed by atoms with Crippen LogP contribution in [0.1, 0.15) is 51.9 Å². The smallest absolute Gasteiger partial charge is 0.239 e. The summed E-state index contributed by atoms with van der Waals surface area (Å²) in [6.07, 6.45) is 8.95. The van der Waals surface area contributed by atoms with E-state index in [1.54, 1.807) is 0 Å². The topological polar surface area (TPSA) is 44.8 Å². The van der Waals surface area contributed by atoms with Gasteiger partial charge in [-0.2, -0.15) is 0 Å². The van der Waals surface area contributed by atoms with Crippen LogP contribution in [0.15, 0.2) is 0 Å². The summed E-state index contributed by atoms with van der Waals surface area (Å²) in [4.78, 5) is 17.6. The first-order valence-corrected chi connectivity index (χ1v) is 10.1. The molecule has 4 rings (SSSR count). The van der Waals surface area contributed by atoms with Gasteiger partial charge in [0, 0.05) is 38.3 Å². The molecule has 1 amide bonds. The van der Waals surface area contributed by atoms with Crippen molar-refractivity contribution in [3.63, 3.8) is 0 Å². The summed E-state index contributed by atoms with van der Waals surface area (Å²) in [5.41, 5.74) is 0. The molecule has 7 heteroatoms. The van der Waals surface area contributed by atoms with Crippen molar-refractivity contribution in [2.24, 2.45) is 5.92 Å². The van der Waals surface area contributed by atoms with Crippen molar-refractivity contribution in [3.8, 4) is 0 Å². The lowest BCUT2D eigenvalue weighted by Gasteiger charge is -2.42. The standard InChI is InChI=1S/C19H33N3O2.2ClH/c1-14-13-22(10-11-24-14)16-6-8-21(9-7-16)19(23)18-12-15-4-2-3-5-17(15)20-18;;/h14-18,20H,2-13H2,1H3;2*1H. The van der Waals surface area contributed by atoms with Gasteiger partial charge in [0.25, 0.3) is 0 Å². The van der Waals surface area contributed by atoms with Gasteiger partial charge in [-0.15, -0.1) is 24.8 Å². The van der Waals surface area contributed by atoms with Crippen LogP contribution in [-0.4, -0.2) is 72.7 Å². The number of ether oxygens (including phenoxy) is 1. The number of likely N-dealkylation sites (tertiary alicyclic amines) is 1. The second-order valence-corrected chi connectivity index (χ2v) is 8.34. The fourth-order valence-electron chi connectivity index (χ4n) is 5.36. The third-order valence-corrected chi connectivity index (χ3v) is 6.73. The van der Waals surface area contributed by atoms with E-state index in [0.717, 1.165) is 58.0 Å². The van der Waals surface area contributed by atoms with E-state index < -0.39 is 0 Å². The van der Waals surface area contributed by atoms with Crippen molar-refractivity contribution in [1.82, 2.24) is 15.1 Å². The highest BCUT2D eigenvalue weighted by molar-refractivity contribution is 5.85. The molecule has 1 N–H and O–H groups in total. The lowest BCUT2D eigenvalue weighted by atomic mass is 9.85. The molecule has 0 aromatic carbocycles. The number of nitrogens with one attached hydrogen (secondary N) is 1. The van der Waals surface area contributed by atoms with Crippen LogP contribution in [0.25, 0.3) is 0 Å². The van der Waals surface area contributed by atoms with E-state index in [-0.39, 0.29) is 30.9 Å². The number of halogens is 2. The first-order valence-electron chi connectivity index (χ1n) is 10.1. The van der Waals surface area contributed by atoms with Gasteiger partial charge in [-0.25, -0.2) is 0 Å². The number of rotatable bonds is 2. The van der Waals surface area contributed by atoms with Crippen molar-refractivity contribution in [3.05, 3.63) is 0 Å². The molecule has 26 heavy (non-hydrogen) atoms. The third-order valence-electron chi connectivity index (χ3n) is 6.73. The summed E-state index contributed by atoms with van der Waals surface area (Å²) in [6.45, 7) is 6.99. The van der Waals surface area contributed by atoms with E-state index in [4.69, 9.17) is 4.74 Å². The maximum Gasteiger partial charge on any atom is 0.239 e. The molecule has 0 radical (unpaired) electrons. The lowest BCUT2D eigenvalue weighted by molar-refractivity contribution is -0.135. The second-order valence-electron chi connectivity index (χ2n) is 8.34. The predicted molar refractivity (Wildman–Crippen MR) is 108 cm³/mol. The molecular formula is C19H35Cl2N3O2. The SMILES string of the molecule is CC1CN(C2CCN(C(=O)C3CC4CCCCC4N3)CC2)CCO1.Cl.Cl. The van der Waals surface area contributed by atoms with E-state index in [1.807, 2.05) is 0 Å². The zero-order valence-electron chi connectivity index (χ0n) is 15.9. The molecule has 152 valence electrons. The van der Waals surface area contributed by atoms with Crippen LogP contribution in [0.3, 0.4) is 0 Å². The largest absolute Gasteiger partial charge is 0.376 e. The molecule has 3 heterocycles. The highest BCUT2D eigenvalue weighted by Crippen LogP contribution is 2.34. The summed E-state index contributed by atoms with van der Waals surface area (Å²) in [5, 5.41) is 3.65. The fraction of sp³-hybridized carbons (Fsp3) is 0.947. The molecule has 0 spiro atoms. The molecular weight excluding hydrogens is 373 g/mol. The van der Waals surface area contributed by atoms with Crippen LogP contribution in [0.5, 0.6) is 0 Å². The summed E-state index contributed by atoms with van der Waals surface area (Å²) >= 11 is 0. The average molecular weight is 408 g/mol. The molecule has 4 fully saturated rings. The number of amides is 1. The van der Waals surface area contributed by atoms with Crippen molar-refractivity contribution >= 4 is 30.7 Å². The minimum atomic E-state index is 0. The van der Waals surface area contributed by atoms with E-state index in [1.165, 1.54) is 25.7 Å². The monoisotopic (exact) mass is 407 g/mol. The van der Waals surface area contributed by atoms with Crippen LogP contribution >= 0.6 is 24.8 Å². The number of carbonyl (C=O) groups excluding carboxylic acids is 1. The summed E-state index contributed by atoms with van der Waals surface area (Å²) in [5.74, 6) is 1.12. The van der Waals surface area contributed by atoms with Crippen molar-refractivity contribution < 1.29 is 9.53 Å². The van der Waals surface area contributed by atoms with Gasteiger partial charge in [-0.1, -0.05) is 12.8 Å². The Kier molecular flexibility index (Phi) is 8.48. The molecule has 0 aromatic rings. The highest BCUT2D eigenvalue weighted by atomic mass is 35.5. The number of carbonyl (C=O) groups is 1. The molecule has 1 aliphatic carbocycles. The van der Waals surface area contributed by atoms with Crippen LogP contribution in [0.2, 0.25) is 0 Å². The first-order chi connectivity index (χ1) is 11.7. The number of fused-ring (bicyclic) bond motifs is 1. The molecule has 1 saturated carbocycles. The Morgan fingerprint density at radius 3 is 2.46 bits per heavy atom. The average Bonchev–Trinajstić information content (AvgIpc) is 3.05. The van der Waals surface area contributed by atoms with Crippen LogP contribution in [0.4, 0.5) is 0 Å². The second kappa shape index (κ2) is 9.92. The van der Waals surface area contributed by atoms with Crippen molar-refractivity contribution in [2.45, 2.75) is 76.1 Å². The molecule has 3 saturated heterocycles. The number of nitrogens with zero attached hydrogens (tertiary/aromatic N) is 2. The normalized spacial score (nSPS) is 36.0. The Bertz CT molecular complexity index is 446. The molecule has 0 aromatic heterocycles. The van der Waals surface area contributed by atoms with Gasteiger partial charge in [0.15, 0.2) is 0 Å². The van der Waals surface area contributed by atoms with E-state index in [0.29, 0.717) is 24.1 Å². The maximum atomic E-state index is 12.9. The molecule has 5 nitrogen and oxygen atoms in total. The predicted octanol–water partition coefficient (Wildman–Crippen LogP) is 2.46. The Balaban J connectivity index is 0.00000121. The van der Waals surface area contributed by atoms with Crippen LogP contribution in [-0.2, 0) is 9.53 Å². The number of morpholine rings is 1.